The number of Topliss-reactive ketones (excluding diaryl/α,β-unsaturated/α-hetero) is 1. The molecule has 0 bridgehead atoms. The molecule has 1 aromatic carbocycles. The van der Waals surface area contributed by atoms with Crippen molar-refractivity contribution in [1.29, 1.82) is 0 Å². The summed E-state index contributed by atoms with van der Waals surface area (Å²) in [5, 5.41) is 2.69. The van der Waals surface area contributed by atoms with E-state index in [1.165, 1.54) is 31.3 Å². The number of carbonyl (C=O) groups excluding carboxylic acids is 3. The summed E-state index contributed by atoms with van der Waals surface area (Å²) in [5.74, 6) is -1.05. The highest BCUT2D eigenvalue weighted by molar-refractivity contribution is 6.00. The Hall–Kier alpha value is -2.96. The molecule has 0 radical (unpaired) electrons. The average molecular weight is 343 g/mol. The highest BCUT2D eigenvalue weighted by atomic mass is 19.1. The van der Waals surface area contributed by atoms with E-state index in [9.17, 15) is 18.8 Å². The summed E-state index contributed by atoms with van der Waals surface area (Å²) in [6, 6.07) is 6.85. The summed E-state index contributed by atoms with van der Waals surface area (Å²) in [4.78, 5) is 40.3. The molecule has 2 amide bonds. The van der Waals surface area contributed by atoms with E-state index in [4.69, 9.17) is 0 Å². The zero-order valence-electron chi connectivity index (χ0n) is 13.7. The first-order valence-corrected chi connectivity index (χ1v) is 7.97. The minimum atomic E-state index is -0.600. The predicted molar refractivity (Wildman–Crippen MR) is 88.5 cm³/mol. The van der Waals surface area contributed by atoms with E-state index >= 15 is 0 Å². The third-order valence-corrected chi connectivity index (χ3v) is 4.22. The first-order valence-electron chi connectivity index (χ1n) is 7.97. The number of halogens is 1. The van der Waals surface area contributed by atoms with Crippen LogP contribution in [0.2, 0.25) is 0 Å². The van der Waals surface area contributed by atoms with Crippen molar-refractivity contribution in [2.75, 3.05) is 6.54 Å². The molecule has 1 aromatic heterocycles. The number of benzene rings is 1. The van der Waals surface area contributed by atoms with E-state index in [0.29, 0.717) is 25.1 Å². The Morgan fingerprint density at radius 2 is 2.04 bits per heavy atom. The molecule has 1 aliphatic rings. The van der Waals surface area contributed by atoms with E-state index in [2.05, 4.69) is 10.3 Å². The number of nitrogens with one attached hydrogen (secondary N) is 2. The van der Waals surface area contributed by atoms with Gasteiger partial charge in [-0.1, -0.05) is 12.1 Å². The van der Waals surface area contributed by atoms with Gasteiger partial charge in [0.25, 0.3) is 5.91 Å². The normalized spacial score (nSPS) is 17.0. The lowest BCUT2D eigenvalue weighted by atomic mass is 10.2. The molecule has 1 unspecified atom stereocenters. The van der Waals surface area contributed by atoms with Crippen LogP contribution in [0.4, 0.5) is 4.39 Å². The average Bonchev–Trinajstić information content (AvgIpc) is 3.19. The molecule has 2 N–H and O–H groups in total. The molecule has 1 saturated heterocycles. The summed E-state index contributed by atoms with van der Waals surface area (Å²) in [7, 11) is 0. The van der Waals surface area contributed by atoms with Gasteiger partial charge in [-0.2, -0.15) is 0 Å². The number of H-pyrrole nitrogens is 1. The van der Waals surface area contributed by atoms with Gasteiger partial charge < -0.3 is 15.2 Å². The molecule has 6 nitrogen and oxygen atoms in total. The molecule has 0 aliphatic carbocycles. The fraction of sp³-hybridized carbons (Fsp3) is 0.278. The molecule has 1 atom stereocenters. The van der Waals surface area contributed by atoms with Crippen LogP contribution in [0.5, 0.6) is 0 Å². The second-order valence-electron chi connectivity index (χ2n) is 6.06. The predicted octanol–water partition coefficient (Wildman–Crippen LogP) is 1.89. The van der Waals surface area contributed by atoms with E-state index < -0.39 is 11.9 Å². The maximum atomic E-state index is 12.9. The monoisotopic (exact) mass is 343 g/mol. The number of amides is 2. The molecule has 2 heterocycles. The van der Waals surface area contributed by atoms with Gasteiger partial charge in [0.2, 0.25) is 5.91 Å². The molecule has 3 rings (SSSR count). The fourth-order valence-electron chi connectivity index (χ4n) is 2.80. The summed E-state index contributed by atoms with van der Waals surface area (Å²) >= 11 is 0. The van der Waals surface area contributed by atoms with Gasteiger partial charge in [-0.15, -0.1) is 0 Å². The molecule has 25 heavy (non-hydrogen) atoms. The van der Waals surface area contributed by atoms with Crippen LogP contribution < -0.4 is 5.32 Å². The topological polar surface area (TPSA) is 82.3 Å². The zero-order valence-corrected chi connectivity index (χ0v) is 13.7. The number of ketones is 1. The number of hydrogen-bond acceptors (Lipinski definition) is 3. The van der Waals surface area contributed by atoms with Crippen LogP contribution >= 0.6 is 0 Å². The second kappa shape index (κ2) is 6.88. The number of aromatic nitrogens is 1. The van der Waals surface area contributed by atoms with Crippen LogP contribution in [0.3, 0.4) is 0 Å². The van der Waals surface area contributed by atoms with Gasteiger partial charge in [0.15, 0.2) is 5.78 Å². The molecule has 1 fully saturated rings. The van der Waals surface area contributed by atoms with Crippen molar-refractivity contribution in [1.82, 2.24) is 15.2 Å². The molecule has 7 heteroatoms. The maximum Gasteiger partial charge on any atom is 0.268 e. The van der Waals surface area contributed by atoms with Crippen molar-refractivity contribution in [2.45, 2.75) is 25.9 Å². The SMILES string of the molecule is CC(=O)c1c[nH]c(C(=O)NC2CCN(Cc3ccc(F)cc3)C2=O)c1. The first-order chi connectivity index (χ1) is 11.9. The van der Waals surface area contributed by atoms with Crippen LogP contribution in [-0.2, 0) is 11.3 Å². The van der Waals surface area contributed by atoms with Gasteiger partial charge in [-0.25, -0.2) is 4.39 Å². The number of likely N-dealkylation sites (tertiary alicyclic amines) is 1. The largest absolute Gasteiger partial charge is 0.356 e. The Labute approximate surface area is 144 Å². The lowest BCUT2D eigenvalue weighted by Crippen LogP contribution is -2.41. The Morgan fingerprint density at radius 1 is 1.32 bits per heavy atom. The molecule has 0 saturated carbocycles. The van der Waals surface area contributed by atoms with Crippen molar-refractivity contribution in [3.63, 3.8) is 0 Å². The highest BCUT2D eigenvalue weighted by Gasteiger charge is 2.33. The van der Waals surface area contributed by atoms with Crippen molar-refractivity contribution in [3.05, 3.63) is 59.2 Å². The summed E-state index contributed by atoms with van der Waals surface area (Å²) < 4.78 is 12.9. The van der Waals surface area contributed by atoms with Gasteiger partial charge in [-0.3, -0.25) is 14.4 Å². The minimum Gasteiger partial charge on any atom is -0.356 e. The summed E-state index contributed by atoms with van der Waals surface area (Å²) in [5.41, 5.74) is 1.49. The number of rotatable bonds is 5. The molecule has 2 aromatic rings. The van der Waals surface area contributed by atoms with E-state index in [1.54, 1.807) is 17.0 Å². The quantitative estimate of drug-likeness (QED) is 0.814. The Morgan fingerprint density at radius 3 is 2.68 bits per heavy atom. The van der Waals surface area contributed by atoms with Crippen molar-refractivity contribution in [3.8, 4) is 0 Å². The zero-order chi connectivity index (χ0) is 18.0. The van der Waals surface area contributed by atoms with Crippen LogP contribution in [0.25, 0.3) is 0 Å². The number of nitrogens with zero attached hydrogens (tertiary/aromatic N) is 1. The van der Waals surface area contributed by atoms with Crippen LogP contribution in [0.1, 0.15) is 39.8 Å². The van der Waals surface area contributed by atoms with Crippen LogP contribution in [-0.4, -0.2) is 40.1 Å². The highest BCUT2D eigenvalue weighted by Crippen LogP contribution is 2.16. The smallest absolute Gasteiger partial charge is 0.268 e. The Balaban J connectivity index is 1.60. The summed E-state index contributed by atoms with van der Waals surface area (Å²) in [6.45, 7) is 2.31. The molecule has 1 aliphatic heterocycles. The van der Waals surface area contributed by atoms with Crippen molar-refractivity contribution >= 4 is 17.6 Å². The third-order valence-electron chi connectivity index (χ3n) is 4.22. The maximum absolute atomic E-state index is 12.9. The Kier molecular flexibility index (Phi) is 4.65. The first kappa shape index (κ1) is 16.9. The number of hydrogen-bond donors (Lipinski definition) is 2. The van der Waals surface area contributed by atoms with Crippen molar-refractivity contribution < 1.29 is 18.8 Å². The molecular formula is C18H18FN3O3. The third kappa shape index (κ3) is 3.76. The number of aromatic amines is 1. The van der Waals surface area contributed by atoms with Gasteiger partial charge in [0.1, 0.15) is 17.6 Å². The molecular weight excluding hydrogens is 325 g/mol. The summed E-state index contributed by atoms with van der Waals surface area (Å²) in [6.07, 6.45) is 1.97. The van der Waals surface area contributed by atoms with Crippen molar-refractivity contribution in [2.24, 2.45) is 0 Å². The lowest BCUT2D eigenvalue weighted by molar-refractivity contribution is -0.129. The van der Waals surface area contributed by atoms with E-state index in [-0.39, 0.29) is 23.2 Å². The van der Waals surface area contributed by atoms with E-state index in [1.807, 2.05) is 0 Å². The minimum absolute atomic E-state index is 0.141. The van der Waals surface area contributed by atoms with E-state index in [0.717, 1.165) is 5.56 Å². The van der Waals surface area contributed by atoms with Gasteiger partial charge >= 0.3 is 0 Å². The Bertz CT molecular complexity index is 813. The molecule has 0 spiro atoms. The van der Waals surface area contributed by atoms with Gasteiger partial charge in [-0.05, 0) is 37.1 Å². The lowest BCUT2D eigenvalue weighted by Gasteiger charge is -2.17. The van der Waals surface area contributed by atoms with Crippen LogP contribution in [0, 0.1) is 5.82 Å². The van der Waals surface area contributed by atoms with Gasteiger partial charge in [0, 0.05) is 24.8 Å². The number of carbonyl (C=O) groups is 3. The fourth-order valence-corrected chi connectivity index (χ4v) is 2.80. The van der Waals surface area contributed by atoms with Gasteiger partial charge in [0.05, 0.1) is 0 Å². The van der Waals surface area contributed by atoms with Crippen LogP contribution in [0.15, 0.2) is 36.5 Å². The second-order valence-corrected chi connectivity index (χ2v) is 6.06. The standard InChI is InChI=1S/C18H18FN3O3/c1-11(23)13-8-16(20-9-13)17(24)21-15-6-7-22(18(15)25)10-12-2-4-14(19)5-3-12/h2-5,8-9,15,20H,6-7,10H2,1H3,(H,21,24). The molecule has 130 valence electrons.